The number of nitrogens with one attached hydrogen (secondary N) is 1. The van der Waals surface area contributed by atoms with E-state index in [4.69, 9.17) is 0 Å². The average molecular weight is 463 g/mol. The van der Waals surface area contributed by atoms with Crippen molar-refractivity contribution in [2.45, 2.75) is 18.0 Å². The Morgan fingerprint density at radius 1 is 0.912 bits per heavy atom. The van der Waals surface area contributed by atoms with Crippen LogP contribution in [-0.2, 0) is 4.79 Å². The van der Waals surface area contributed by atoms with E-state index in [0.29, 0.717) is 12.2 Å². The number of amides is 3. The zero-order chi connectivity index (χ0) is 23.8. The van der Waals surface area contributed by atoms with E-state index in [-0.39, 0.29) is 42.9 Å². The first-order valence-corrected chi connectivity index (χ1v) is 11.0. The lowest BCUT2D eigenvalue weighted by molar-refractivity contribution is -0.159. The summed E-state index contributed by atoms with van der Waals surface area (Å²) in [5, 5.41) is 12.7. The molecular formula is C26H23F2N3O3. The van der Waals surface area contributed by atoms with Gasteiger partial charge in [0.05, 0.1) is 18.7 Å². The van der Waals surface area contributed by atoms with E-state index in [1.807, 2.05) is 24.3 Å². The molecule has 0 radical (unpaired) electrons. The van der Waals surface area contributed by atoms with Gasteiger partial charge in [0.1, 0.15) is 18.2 Å². The van der Waals surface area contributed by atoms with Gasteiger partial charge in [-0.05, 0) is 53.1 Å². The van der Waals surface area contributed by atoms with Crippen molar-refractivity contribution in [3.8, 4) is 11.1 Å². The van der Waals surface area contributed by atoms with Crippen LogP contribution in [0.25, 0.3) is 11.1 Å². The van der Waals surface area contributed by atoms with Crippen LogP contribution in [-0.4, -0.2) is 58.6 Å². The van der Waals surface area contributed by atoms with E-state index >= 15 is 0 Å². The van der Waals surface area contributed by atoms with E-state index < -0.39 is 11.8 Å². The zero-order valence-corrected chi connectivity index (χ0v) is 18.2. The van der Waals surface area contributed by atoms with Gasteiger partial charge in [0.2, 0.25) is 5.91 Å². The molecule has 2 fully saturated rings. The second kappa shape index (κ2) is 8.87. The Bertz CT molecular complexity index is 1200. The van der Waals surface area contributed by atoms with Crippen LogP contribution in [0.1, 0.15) is 11.5 Å². The average Bonchev–Trinajstić information content (AvgIpc) is 2.83. The quantitative estimate of drug-likeness (QED) is 0.618. The minimum Gasteiger partial charge on any atom is -0.394 e. The lowest BCUT2D eigenvalue weighted by atomic mass is 9.73. The summed E-state index contributed by atoms with van der Waals surface area (Å²) < 4.78 is 26.4. The molecule has 2 aliphatic heterocycles. The summed E-state index contributed by atoms with van der Waals surface area (Å²) in [5.41, 5.74) is 3.22. The summed E-state index contributed by atoms with van der Waals surface area (Å²) >= 11 is 0. The molecule has 2 aliphatic rings. The van der Waals surface area contributed by atoms with Crippen molar-refractivity contribution in [1.29, 1.82) is 0 Å². The first kappa shape index (κ1) is 22.0. The minimum atomic E-state index is -0.433. The maximum atomic E-state index is 13.2. The molecular weight excluding hydrogens is 440 g/mol. The minimum absolute atomic E-state index is 0.0871. The number of benzene rings is 3. The molecule has 34 heavy (non-hydrogen) atoms. The molecule has 5 rings (SSSR count). The summed E-state index contributed by atoms with van der Waals surface area (Å²) in [6.07, 6.45) is 0. The predicted octanol–water partition coefficient (Wildman–Crippen LogP) is 3.83. The number of urea groups is 1. The monoisotopic (exact) mass is 463 g/mol. The highest BCUT2D eigenvalue weighted by molar-refractivity contribution is 5.93. The number of aliphatic hydroxyl groups is 1. The van der Waals surface area contributed by atoms with Crippen LogP contribution < -0.4 is 5.32 Å². The molecule has 8 heteroatoms. The third-order valence-corrected chi connectivity index (χ3v) is 6.61. The Kier molecular flexibility index (Phi) is 5.75. The van der Waals surface area contributed by atoms with Gasteiger partial charge in [-0.3, -0.25) is 4.79 Å². The van der Waals surface area contributed by atoms with Gasteiger partial charge in [0.25, 0.3) is 0 Å². The van der Waals surface area contributed by atoms with E-state index in [0.717, 1.165) is 16.7 Å². The van der Waals surface area contributed by atoms with Crippen molar-refractivity contribution < 1.29 is 23.5 Å². The third-order valence-electron chi connectivity index (χ3n) is 6.61. The van der Waals surface area contributed by atoms with Gasteiger partial charge in [0, 0.05) is 18.2 Å². The number of anilines is 1. The van der Waals surface area contributed by atoms with Gasteiger partial charge in [-0.1, -0.05) is 36.4 Å². The molecule has 0 bridgehead atoms. The lowest BCUT2D eigenvalue weighted by Crippen LogP contribution is -2.73. The Hall–Kier alpha value is -3.78. The Morgan fingerprint density at radius 3 is 2.06 bits per heavy atom. The summed E-state index contributed by atoms with van der Waals surface area (Å²) in [6, 6.07) is 18.4. The van der Waals surface area contributed by atoms with Crippen LogP contribution in [0.15, 0.2) is 72.8 Å². The largest absolute Gasteiger partial charge is 0.394 e. The molecule has 0 aromatic heterocycles. The van der Waals surface area contributed by atoms with E-state index in [2.05, 4.69) is 5.32 Å². The van der Waals surface area contributed by atoms with Gasteiger partial charge in [-0.15, -0.1) is 0 Å². The lowest BCUT2D eigenvalue weighted by Gasteiger charge is -2.58. The van der Waals surface area contributed by atoms with Gasteiger partial charge in [-0.25, -0.2) is 13.6 Å². The Morgan fingerprint density at radius 2 is 1.47 bits per heavy atom. The summed E-state index contributed by atoms with van der Waals surface area (Å²) in [4.78, 5) is 28.7. The third kappa shape index (κ3) is 4.01. The highest BCUT2D eigenvalue weighted by atomic mass is 19.1. The van der Waals surface area contributed by atoms with Gasteiger partial charge in [-0.2, -0.15) is 0 Å². The molecule has 2 N–H and O–H groups in total. The fraction of sp³-hybridized carbons (Fsp3) is 0.231. The zero-order valence-electron chi connectivity index (χ0n) is 18.2. The highest BCUT2D eigenvalue weighted by Crippen LogP contribution is 2.43. The number of fused-ring (bicyclic) bond motifs is 1. The van der Waals surface area contributed by atoms with E-state index in [1.165, 1.54) is 41.3 Å². The van der Waals surface area contributed by atoms with Crippen LogP contribution in [0.3, 0.4) is 0 Å². The number of halogens is 2. The number of carbonyl (C=O) groups excluding carboxylic acids is 2. The van der Waals surface area contributed by atoms with Crippen LogP contribution in [0.4, 0.5) is 19.3 Å². The van der Waals surface area contributed by atoms with Crippen LogP contribution >= 0.6 is 0 Å². The van der Waals surface area contributed by atoms with Crippen molar-refractivity contribution in [2.24, 2.45) is 0 Å². The van der Waals surface area contributed by atoms with Crippen LogP contribution in [0.2, 0.25) is 0 Å². The first-order chi connectivity index (χ1) is 16.4. The van der Waals surface area contributed by atoms with Crippen LogP contribution in [0, 0.1) is 11.6 Å². The van der Waals surface area contributed by atoms with Crippen molar-refractivity contribution in [3.63, 3.8) is 0 Å². The molecule has 0 spiro atoms. The number of piperazine rings is 1. The SMILES string of the molecule is O=C(Nc1ccc(F)cc1)N1CC(=O)N2[C@H](CO)[C@@H](c3ccc(-c4ccc(F)cc4)cc3)[C@@H]2C1. The van der Waals surface area contributed by atoms with Crippen LogP contribution in [0.5, 0.6) is 0 Å². The van der Waals surface area contributed by atoms with Crippen molar-refractivity contribution in [2.75, 3.05) is 25.0 Å². The fourth-order valence-electron chi connectivity index (χ4n) is 4.93. The Balaban J connectivity index is 1.33. The van der Waals surface area contributed by atoms with Gasteiger partial charge >= 0.3 is 6.03 Å². The van der Waals surface area contributed by atoms with E-state index in [1.54, 1.807) is 17.0 Å². The Labute approximate surface area is 195 Å². The highest BCUT2D eigenvalue weighted by Gasteiger charge is 2.54. The van der Waals surface area contributed by atoms with Crippen molar-refractivity contribution >= 4 is 17.6 Å². The summed E-state index contributed by atoms with van der Waals surface area (Å²) in [5.74, 6) is -1.04. The number of aliphatic hydroxyl groups excluding tert-OH is 1. The molecule has 3 aromatic rings. The molecule has 0 aliphatic carbocycles. The predicted molar refractivity (Wildman–Crippen MR) is 123 cm³/mol. The number of nitrogens with zero attached hydrogens (tertiary/aromatic N) is 2. The second-order valence-corrected chi connectivity index (χ2v) is 8.59. The smallest absolute Gasteiger partial charge is 0.322 e. The molecule has 0 unspecified atom stereocenters. The summed E-state index contributed by atoms with van der Waals surface area (Å²) in [7, 11) is 0. The molecule has 3 amide bonds. The fourth-order valence-corrected chi connectivity index (χ4v) is 4.93. The molecule has 2 saturated heterocycles. The summed E-state index contributed by atoms with van der Waals surface area (Å²) in [6.45, 7) is 0.0598. The van der Waals surface area contributed by atoms with Gasteiger partial charge in [0.15, 0.2) is 0 Å². The van der Waals surface area contributed by atoms with E-state index in [9.17, 15) is 23.5 Å². The molecule has 3 aromatic carbocycles. The molecule has 3 atom stereocenters. The normalized spacial score (nSPS) is 21.6. The topological polar surface area (TPSA) is 72.9 Å². The number of rotatable bonds is 4. The first-order valence-electron chi connectivity index (χ1n) is 11.0. The van der Waals surface area contributed by atoms with Crippen molar-refractivity contribution in [1.82, 2.24) is 9.80 Å². The van der Waals surface area contributed by atoms with Gasteiger partial charge < -0.3 is 20.2 Å². The number of carbonyl (C=O) groups is 2. The molecule has 174 valence electrons. The molecule has 6 nitrogen and oxygen atoms in total. The molecule has 2 heterocycles. The number of hydrogen-bond donors (Lipinski definition) is 2. The molecule has 0 saturated carbocycles. The maximum Gasteiger partial charge on any atom is 0.322 e. The maximum absolute atomic E-state index is 13.2. The standard InChI is InChI=1S/C26H23F2N3O3/c27-19-7-5-17(6-8-19)16-1-3-18(4-2-16)25-22-13-30(14-24(33)31(22)23(25)15-32)26(34)29-21-11-9-20(28)10-12-21/h1-12,22-23,25,32H,13-15H2,(H,29,34)/t22-,23+,25-/m0/s1. The second-order valence-electron chi connectivity index (χ2n) is 8.59. The van der Waals surface area contributed by atoms with Crippen molar-refractivity contribution in [3.05, 3.63) is 90.0 Å². The number of hydrogen-bond acceptors (Lipinski definition) is 3.